The Kier molecular flexibility index (Phi) is 6.39. The smallest absolute Gasteiger partial charge is 0.189 e. The highest BCUT2D eigenvalue weighted by Gasteiger charge is 2.10. The third kappa shape index (κ3) is 6.21. The van der Waals surface area contributed by atoms with Gasteiger partial charge in [-0.3, -0.25) is 0 Å². The summed E-state index contributed by atoms with van der Waals surface area (Å²) in [5.74, 6) is 0.484. The summed E-state index contributed by atoms with van der Waals surface area (Å²) in [7, 11) is 0. The van der Waals surface area contributed by atoms with Gasteiger partial charge in [-0.2, -0.15) is 0 Å². The molecule has 1 aromatic heterocycles. The number of aromatic nitrogens is 1. The fourth-order valence-corrected chi connectivity index (χ4v) is 2.16. The van der Waals surface area contributed by atoms with Gasteiger partial charge in [0.05, 0.1) is 17.2 Å². The molecule has 1 heterocycles. The van der Waals surface area contributed by atoms with Gasteiger partial charge in [0.1, 0.15) is 0 Å². The normalized spacial score (nSPS) is 12.2. The molecule has 0 saturated carbocycles. The lowest BCUT2D eigenvalue weighted by atomic mass is 10.1. The van der Waals surface area contributed by atoms with Crippen LogP contribution in [0.1, 0.15) is 36.3 Å². The molecule has 98 valence electrons. The van der Waals surface area contributed by atoms with E-state index in [1.165, 1.54) is 4.88 Å². The summed E-state index contributed by atoms with van der Waals surface area (Å²) in [6, 6.07) is 0. The van der Waals surface area contributed by atoms with Gasteiger partial charge in [-0.25, -0.2) is 9.98 Å². The monoisotopic (exact) mass is 368 g/mol. The van der Waals surface area contributed by atoms with Crippen molar-refractivity contribution in [2.75, 3.05) is 0 Å². The quantitative estimate of drug-likeness (QED) is 0.479. The molecule has 0 aromatic carbocycles. The molecule has 17 heavy (non-hydrogen) atoms. The van der Waals surface area contributed by atoms with Crippen LogP contribution in [-0.2, 0) is 6.54 Å². The van der Waals surface area contributed by atoms with Crippen molar-refractivity contribution in [2.24, 2.45) is 10.7 Å². The highest BCUT2D eigenvalue weighted by Crippen LogP contribution is 2.17. The van der Waals surface area contributed by atoms with E-state index >= 15 is 0 Å². The minimum Gasteiger partial charge on any atom is -0.370 e. The second kappa shape index (κ2) is 6.53. The van der Waals surface area contributed by atoms with Crippen LogP contribution in [0, 0.1) is 13.8 Å². The first kappa shape index (κ1) is 16.6. The van der Waals surface area contributed by atoms with E-state index in [-0.39, 0.29) is 29.5 Å². The number of aliphatic imine (C=N–C) groups is 1. The third-order valence-corrected chi connectivity index (χ3v) is 2.95. The van der Waals surface area contributed by atoms with Crippen LogP contribution in [0.5, 0.6) is 0 Å². The lowest BCUT2D eigenvalue weighted by Crippen LogP contribution is -2.44. The standard InChI is InChI=1S/C11H20N4S.HI/c1-7-9(16-8(2)14-7)6-13-10(12)15-11(3,4)5;/h6H2,1-5H3,(H3,12,13,15);1H. The van der Waals surface area contributed by atoms with Crippen molar-refractivity contribution >= 4 is 41.3 Å². The number of rotatable bonds is 2. The van der Waals surface area contributed by atoms with Gasteiger partial charge in [-0.1, -0.05) is 0 Å². The Labute approximate surface area is 124 Å². The van der Waals surface area contributed by atoms with Crippen molar-refractivity contribution < 1.29 is 0 Å². The van der Waals surface area contributed by atoms with Crippen LogP contribution in [0.4, 0.5) is 0 Å². The van der Waals surface area contributed by atoms with Crippen LogP contribution in [0.2, 0.25) is 0 Å². The van der Waals surface area contributed by atoms with Crippen LogP contribution in [0.25, 0.3) is 0 Å². The summed E-state index contributed by atoms with van der Waals surface area (Å²) < 4.78 is 0. The Bertz CT molecular complexity index is 393. The predicted molar refractivity (Wildman–Crippen MR) is 85.2 cm³/mol. The van der Waals surface area contributed by atoms with Crippen LogP contribution >= 0.6 is 35.3 Å². The first-order chi connectivity index (χ1) is 7.28. The van der Waals surface area contributed by atoms with Gasteiger partial charge in [0, 0.05) is 10.4 Å². The number of nitrogens with one attached hydrogen (secondary N) is 1. The fraction of sp³-hybridized carbons (Fsp3) is 0.636. The summed E-state index contributed by atoms with van der Waals surface area (Å²) in [5.41, 5.74) is 6.79. The zero-order valence-corrected chi connectivity index (χ0v) is 14.1. The molecular weight excluding hydrogens is 347 g/mol. The number of halogens is 1. The summed E-state index contributed by atoms with van der Waals surface area (Å²) in [4.78, 5) is 9.84. The zero-order chi connectivity index (χ0) is 12.3. The summed E-state index contributed by atoms with van der Waals surface area (Å²) in [5, 5.41) is 4.20. The molecule has 0 fully saturated rings. The Balaban J connectivity index is 0.00000256. The highest BCUT2D eigenvalue weighted by molar-refractivity contribution is 14.0. The lowest BCUT2D eigenvalue weighted by molar-refractivity contribution is 0.508. The topological polar surface area (TPSA) is 63.3 Å². The van der Waals surface area contributed by atoms with Crippen LogP contribution < -0.4 is 11.1 Å². The molecule has 6 heteroatoms. The molecule has 3 N–H and O–H groups in total. The Morgan fingerprint density at radius 2 is 2.00 bits per heavy atom. The molecule has 0 spiro atoms. The fourth-order valence-electron chi connectivity index (χ4n) is 1.30. The van der Waals surface area contributed by atoms with E-state index in [2.05, 4.69) is 36.1 Å². The molecule has 1 rings (SSSR count). The van der Waals surface area contributed by atoms with Crippen LogP contribution in [-0.4, -0.2) is 16.5 Å². The molecule has 0 unspecified atom stereocenters. The largest absolute Gasteiger partial charge is 0.370 e. The van der Waals surface area contributed by atoms with Crippen molar-refractivity contribution in [1.82, 2.24) is 10.3 Å². The second-order valence-corrected chi connectivity index (χ2v) is 6.11. The Morgan fingerprint density at radius 1 is 1.41 bits per heavy atom. The SMILES string of the molecule is Cc1nc(C)c(CN=C(N)NC(C)(C)C)s1.I. The van der Waals surface area contributed by atoms with E-state index in [1.807, 2.05) is 13.8 Å². The maximum Gasteiger partial charge on any atom is 0.189 e. The van der Waals surface area contributed by atoms with E-state index in [4.69, 9.17) is 5.73 Å². The molecule has 0 radical (unpaired) electrons. The van der Waals surface area contributed by atoms with Gasteiger partial charge in [-0.15, -0.1) is 35.3 Å². The number of hydrogen-bond acceptors (Lipinski definition) is 3. The number of nitrogens with two attached hydrogens (primary N) is 1. The molecule has 0 saturated heterocycles. The van der Waals surface area contributed by atoms with Gasteiger partial charge >= 0.3 is 0 Å². The molecule has 0 amide bonds. The molecular formula is C11H21IN4S. The van der Waals surface area contributed by atoms with Crippen molar-refractivity contribution in [3.8, 4) is 0 Å². The zero-order valence-electron chi connectivity index (χ0n) is 11.0. The average molecular weight is 368 g/mol. The number of hydrogen-bond donors (Lipinski definition) is 2. The van der Waals surface area contributed by atoms with Crippen LogP contribution in [0.3, 0.4) is 0 Å². The van der Waals surface area contributed by atoms with Gasteiger partial charge in [0.15, 0.2) is 5.96 Å². The van der Waals surface area contributed by atoms with E-state index in [0.29, 0.717) is 12.5 Å². The number of aryl methyl sites for hydroxylation is 2. The molecule has 0 aliphatic heterocycles. The van der Waals surface area contributed by atoms with Gasteiger partial charge in [0.2, 0.25) is 0 Å². The maximum atomic E-state index is 5.79. The number of thiazole rings is 1. The minimum absolute atomic E-state index is 0. The lowest BCUT2D eigenvalue weighted by Gasteiger charge is -2.20. The van der Waals surface area contributed by atoms with Crippen molar-refractivity contribution in [3.63, 3.8) is 0 Å². The summed E-state index contributed by atoms with van der Waals surface area (Å²) in [6.07, 6.45) is 0. The molecule has 0 bridgehead atoms. The third-order valence-electron chi connectivity index (χ3n) is 1.90. The average Bonchev–Trinajstić information content (AvgIpc) is 2.38. The van der Waals surface area contributed by atoms with Crippen molar-refractivity contribution in [3.05, 3.63) is 15.6 Å². The first-order valence-corrected chi connectivity index (χ1v) is 6.10. The van der Waals surface area contributed by atoms with E-state index in [0.717, 1.165) is 10.7 Å². The molecule has 0 atom stereocenters. The summed E-state index contributed by atoms with van der Waals surface area (Å²) >= 11 is 1.67. The van der Waals surface area contributed by atoms with Crippen molar-refractivity contribution in [1.29, 1.82) is 0 Å². The maximum absolute atomic E-state index is 5.79. The van der Waals surface area contributed by atoms with Gasteiger partial charge < -0.3 is 11.1 Å². The Morgan fingerprint density at radius 3 is 2.41 bits per heavy atom. The molecule has 0 aliphatic rings. The Hall–Kier alpha value is -0.370. The van der Waals surface area contributed by atoms with E-state index < -0.39 is 0 Å². The second-order valence-electron chi connectivity index (χ2n) is 4.82. The highest BCUT2D eigenvalue weighted by atomic mass is 127. The molecule has 0 aliphatic carbocycles. The van der Waals surface area contributed by atoms with Crippen molar-refractivity contribution in [2.45, 2.75) is 46.7 Å². The minimum atomic E-state index is -0.0494. The molecule has 4 nitrogen and oxygen atoms in total. The summed E-state index contributed by atoms with van der Waals surface area (Å²) in [6.45, 7) is 10.8. The van der Waals surface area contributed by atoms with Gasteiger partial charge in [0.25, 0.3) is 0 Å². The van der Waals surface area contributed by atoms with E-state index in [1.54, 1.807) is 11.3 Å². The van der Waals surface area contributed by atoms with E-state index in [9.17, 15) is 0 Å². The number of guanidine groups is 1. The number of nitrogens with zero attached hydrogens (tertiary/aromatic N) is 2. The molecule has 1 aromatic rings. The predicted octanol–water partition coefficient (Wildman–Crippen LogP) is 2.58. The first-order valence-electron chi connectivity index (χ1n) is 5.29. The van der Waals surface area contributed by atoms with Gasteiger partial charge in [-0.05, 0) is 34.6 Å². The van der Waals surface area contributed by atoms with Crippen LogP contribution in [0.15, 0.2) is 4.99 Å².